The molecule has 2 aromatic carbocycles. The molecule has 0 spiro atoms. The van der Waals surface area contributed by atoms with Crippen molar-refractivity contribution in [1.82, 2.24) is 9.97 Å². The Bertz CT molecular complexity index is 1710. The molecule has 0 atom stereocenters. The normalized spacial score (nSPS) is 11.0. The number of benzene rings is 2. The SMILES string of the molecule is N=CCC(=N)c1ccc(-c2cnc3[nH]cc(C(=O)c4c(F)ccc(NSc5cccc(F)c5)c4F)c3c2)s1. The summed E-state index contributed by atoms with van der Waals surface area (Å²) in [6.07, 6.45) is 4.36. The van der Waals surface area contributed by atoms with E-state index in [1.165, 1.54) is 41.8 Å². The number of H-pyrrole nitrogens is 1. The van der Waals surface area contributed by atoms with Gasteiger partial charge in [-0.2, -0.15) is 0 Å². The fourth-order valence-electron chi connectivity index (χ4n) is 3.80. The predicted molar refractivity (Wildman–Crippen MR) is 145 cm³/mol. The lowest BCUT2D eigenvalue weighted by molar-refractivity contribution is 0.103. The maximum absolute atomic E-state index is 15.4. The van der Waals surface area contributed by atoms with Gasteiger partial charge in [0.05, 0.1) is 17.0 Å². The van der Waals surface area contributed by atoms with Gasteiger partial charge in [0.15, 0.2) is 5.82 Å². The highest BCUT2D eigenvalue weighted by molar-refractivity contribution is 8.00. The molecule has 6 nitrogen and oxygen atoms in total. The monoisotopic (exact) mass is 549 g/mol. The van der Waals surface area contributed by atoms with Crippen molar-refractivity contribution in [3.8, 4) is 10.4 Å². The van der Waals surface area contributed by atoms with E-state index in [1.807, 2.05) is 6.07 Å². The molecule has 3 aromatic heterocycles. The van der Waals surface area contributed by atoms with Gasteiger partial charge in [0.25, 0.3) is 0 Å². The van der Waals surface area contributed by atoms with Crippen molar-refractivity contribution in [1.29, 1.82) is 10.8 Å². The number of nitrogens with one attached hydrogen (secondary N) is 4. The van der Waals surface area contributed by atoms with Crippen molar-refractivity contribution >= 4 is 57.7 Å². The van der Waals surface area contributed by atoms with Gasteiger partial charge in [-0.05, 0) is 60.5 Å². The molecule has 0 saturated carbocycles. The summed E-state index contributed by atoms with van der Waals surface area (Å²) in [5.41, 5.74) is 0.573. The lowest BCUT2D eigenvalue weighted by Crippen LogP contribution is -2.09. The van der Waals surface area contributed by atoms with Crippen LogP contribution in [0.15, 0.2) is 71.9 Å². The number of carbonyl (C=O) groups excluding carboxylic acids is 1. The number of halogens is 3. The molecule has 190 valence electrons. The van der Waals surface area contributed by atoms with E-state index in [9.17, 15) is 13.6 Å². The summed E-state index contributed by atoms with van der Waals surface area (Å²) < 4.78 is 46.3. The van der Waals surface area contributed by atoms with Crippen molar-refractivity contribution in [2.75, 3.05) is 4.72 Å². The second-order valence-electron chi connectivity index (χ2n) is 8.15. The molecular weight excluding hydrogens is 531 g/mol. The van der Waals surface area contributed by atoms with Crippen LogP contribution in [-0.2, 0) is 0 Å². The summed E-state index contributed by atoms with van der Waals surface area (Å²) >= 11 is 2.28. The molecule has 0 aliphatic heterocycles. The van der Waals surface area contributed by atoms with Gasteiger partial charge in [0.2, 0.25) is 5.78 Å². The van der Waals surface area contributed by atoms with E-state index in [0.29, 0.717) is 32.1 Å². The maximum atomic E-state index is 15.4. The molecule has 0 unspecified atom stereocenters. The summed E-state index contributed by atoms with van der Waals surface area (Å²) in [6.45, 7) is 0. The zero-order valence-corrected chi connectivity index (χ0v) is 21.1. The number of fused-ring (bicyclic) bond motifs is 1. The van der Waals surface area contributed by atoms with Crippen LogP contribution in [0.1, 0.15) is 27.2 Å². The molecule has 0 saturated heterocycles. The number of carbonyl (C=O) groups is 1. The zero-order valence-electron chi connectivity index (χ0n) is 19.4. The van der Waals surface area contributed by atoms with Gasteiger partial charge in [-0.15, -0.1) is 11.3 Å². The summed E-state index contributed by atoms with van der Waals surface area (Å²) in [5, 5.41) is 15.6. The molecule has 0 bridgehead atoms. The van der Waals surface area contributed by atoms with Crippen LogP contribution in [0.3, 0.4) is 0 Å². The van der Waals surface area contributed by atoms with E-state index in [-0.39, 0.29) is 17.7 Å². The van der Waals surface area contributed by atoms with Crippen LogP contribution >= 0.6 is 23.3 Å². The van der Waals surface area contributed by atoms with Crippen molar-refractivity contribution < 1.29 is 18.0 Å². The Morgan fingerprint density at radius 2 is 1.97 bits per heavy atom. The second kappa shape index (κ2) is 10.6. The number of pyridine rings is 1. The van der Waals surface area contributed by atoms with Gasteiger partial charge in [-0.3, -0.25) is 4.79 Å². The maximum Gasteiger partial charge on any atom is 0.201 e. The third kappa shape index (κ3) is 4.98. The van der Waals surface area contributed by atoms with Crippen molar-refractivity contribution in [2.45, 2.75) is 11.3 Å². The minimum absolute atomic E-state index is 0.0513. The molecule has 38 heavy (non-hydrogen) atoms. The summed E-state index contributed by atoms with van der Waals surface area (Å²) in [7, 11) is 0. The Kier molecular flexibility index (Phi) is 7.12. The lowest BCUT2D eigenvalue weighted by atomic mass is 10.0. The average Bonchev–Trinajstić information content (AvgIpc) is 3.56. The van der Waals surface area contributed by atoms with Crippen LogP contribution in [0, 0.1) is 28.3 Å². The number of nitrogens with zero attached hydrogens (tertiary/aromatic N) is 1. The molecule has 4 N–H and O–H groups in total. The minimum atomic E-state index is -1.06. The molecule has 11 heteroatoms. The van der Waals surface area contributed by atoms with Gasteiger partial charge in [-0.25, -0.2) is 18.2 Å². The van der Waals surface area contributed by atoms with E-state index in [4.69, 9.17) is 10.8 Å². The summed E-state index contributed by atoms with van der Waals surface area (Å²) in [6, 6.07) is 13.2. The van der Waals surface area contributed by atoms with Crippen molar-refractivity contribution in [3.63, 3.8) is 0 Å². The number of aromatic amines is 1. The van der Waals surface area contributed by atoms with Crippen LogP contribution in [0.2, 0.25) is 0 Å². The minimum Gasteiger partial charge on any atom is -0.345 e. The van der Waals surface area contributed by atoms with E-state index in [2.05, 4.69) is 14.7 Å². The Morgan fingerprint density at radius 3 is 2.76 bits per heavy atom. The highest BCUT2D eigenvalue weighted by Crippen LogP contribution is 2.33. The molecule has 0 radical (unpaired) electrons. The van der Waals surface area contributed by atoms with Gasteiger partial charge in [0, 0.05) is 56.2 Å². The number of rotatable bonds is 9. The van der Waals surface area contributed by atoms with E-state index < -0.39 is 28.8 Å². The summed E-state index contributed by atoms with van der Waals surface area (Å²) in [5.74, 6) is -3.39. The first kappa shape index (κ1) is 25.4. The van der Waals surface area contributed by atoms with Crippen molar-refractivity contribution in [3.05, 3.63) is 100 Å². The molecule has 5 rings (SSSR count). The van der Waals surface area contributed by atoms with E-state index in [0.717, 1.165) is 29.1 Å². The molecule has 5 aromatic rings. The number of hydrogen-bond donors (Lipinski definition) is 4. The Labute approximate surface area is 223 Å². The fraction of sp³-hybridized carbons (Fsp3) is 0.0370. The smallest absolute Gasteiger partial charge is 0.201 e. The Morgan fingerprint density at radius 1 is 1.13 bits per heavy atom. The van der Waals surface area contributed by atoms with Crippen LogP contribution in [0.5, 0.6) is 0 Å². The Balaban J connectivity index is 1.47. The third-order valence-corrected chi connectivity index (χ3v) is 7.67. The number of aromatic nitrogens is 2. The molecule has 3 heterocycles. The van der Waals surface area contributed by atoms with Crippen LogP contribution < -0.4 is 4.72 Å². The largest absolute Gasteiger partial charge is 0.345 e. The number of ketones is 1. The number of thiophene rings is 1. The first-order valence-corrected chi connectivity index (χ1v) is 12.8. The van der Waals surface area contributed by atoms with Gasteiger partial charge >= 0.3 is 0 Å². The van der Waals surface area contributed by atoms with Gasteiger partial charge in [-0.1, -0.05) is 6.07 Å². The van der Waals surface area contributed by atoms with Gasteiger partial charge < -0.3 is 20.5 Å². The second-order valence-corrected chi connectivity index (χ2v) is 10.1. The topological polar surface area (TPSA) is 105 Å². The number of hydrogen-bond acceptors (Lipinski definition) is 7. The first-order valence-electron chi connectivity index (χ1n) is 11.2. The average molecular weight is 550 g/mol. The van der Waals surface area contributed by atoms with Crippen molar-refractivity contribution in [2.24, 2.45) is 0 Å². The Hall–Kier alpha value is -4.22. The quantitative estimate of drug-likeness (QED) is 0.0870. The predicted octanol–water partition coefficient (Wildman–Crippen LogP) is 7.47. The van der Waals surface area contributed by atoms with Crippen LogP contribution in [0.4, 0.5) is 18.9 Å². The molecule has 0 fully saturated rings. The zero-order chi connectivity index (χ0) is 26.8. The van der Waals surface area contributed by atoms with Gasteiger partial charge in [0.1, 0.15) is 17.3 Å². The molecule has 0 aliphatic rings. The first-order chi connectivity index (χ1) is 18.4. The van der Waals surface area contributed by atoms with E-state index in [1.54, 1.807) is 24.4 Å². The molecule has 0 amide bonds. The number of anilines is 1. The lowest BCUT2D eigenvalue weighted by Gasteiger charge is -2.11. The fourth-order valence-corrected chi connectivity index (χ4v) is 5.45. The van der Waals surface area contributed by atoms with Crippen LogP contribution in [-0.4, -0.2) is 27.7 Å². The van der Waals surface area contributed by atoms with E-state index >= 15 is 4.39 Å². The highest BCUT2D eigenvalue weighted by Gasteiger charge is 2.25. The molecule has 0 aliphatic carbocycles. The standard InChI is InChI=1S/C27H18F3N5OS2/c28-15-2-1-3-16(11-15)38-35-21-5-4-19(29)24(25(21)30)26(36)18-13-34-27-17(18)10-14(12-33-27)22-6-7-23(37-22)20(32)8-9-31/h1-7,9-13,31-32,35H,8H2,(H,33,34). The van der Waals surface area contributed by atoms with Crippen LogP contribution in [0.25, 0.3) is 21.5 Å². The highest BCUT2D eigenvalue weighted by atomic mass is 32.2. The third-order valence-electron chi connectivity index (χ3n) is 5.66. The summed E-state index contributed by atoms with van der Waals surface area (Å²) in [4.78, 5) is 22.6. The molecular formula is C27H18F3N5OS2.